The van der Waals surface area contributed by atoms with E-state index < -0.39 is 6.04 Å². The Morgan fingerprint density at radius 1 is 1.06 bits per heavy atom. The molecule has 1 unspecified atom stereocenters. The van der Waals surface area contributed by atoms with E-state index in [2.05, 4.69) is 18.5 Å². The van der Waals surface area contributed by atoms with Gasteiger partial charge in [0.25, 0.3) is 0 Å². The van der Waals surface area contributed by atoms with Crippen LogP contribution in [0.15, 0.2) is 55.6 Å². The second-order valence-corrected chi connectivity index (χ2v) is 7.25. The average molecular weight is 482 g/mol. The number of phenolic OH excluding ortho intramolecular Hbond substituents is 2. The average Bonchev–Trinajstić information content (AvgIpc) is 2.72. The Balaban J connectivity index is 0.00000480. The number of carbonyl (C=O) groups is 1. The first-order valence-electron chi connectivity index (χ1n) is 10.1. The van der Waals surface area contributed by atoms with Gasteiger partial charge in [0.05, 0.1) is 11.7 Å². The molecule has 0 aliphatic carbocycles. The maximum Gasteiger partial charge on any atom is 0.241 e. The van der Waals surface area contributed by atoms with E-state index in [1.54, 1.807) is 36.4 Å². The second-order valence-electron chi connectivity index (χ2n) is 7.25. The van der Waals surface area contributed by atoms with Gasteiger partial charge in [-0.05, 0) is 73.2 Å². The Morgan fingerprint density at radius 2 is 1.75 bits per heavy atom. The minimum atomic E-state index is -0.685. The molecule has 6 nitrogen and oxygen atoms in total. The highest BCUT2D eigenvalue weighted by atomic mass is 35.5. The van der Waals surface area contributed by atoms with Gasteiger partial charge in [0.2, 0.25) is 5.91 Å². The normalized spacial score (nSPS) is 10.9. The molecule has 7 N–H and O–H groups in total. The second kappa shape index (κ2) is 14.5. The van der Waals surface area contributed by atoms with E-state index in [4.69, 9.17) is 11.5 Å². The third-order valence-electron chi connectivity index (χ3n) is 4.87. The van der Waals surface area contributed by atoms with Gasteiger partial charge in [0.15, 0.2) is 0 Å². The van der Waals surface area contributed by atoms with Gasteiger partial charge >= 0.3 is 0 Å². The van der Waals surface area contributed by atoms with E-state index in [0.29, 0.717) is 42.6 Å². The van der Waals surface area contributed by atoms with E-state index in [0.717, 1.165) is 24.0 Å². The van der Waals surface area contributed by atoms with Gasteiger partial charge < -0.3 is 27.0 Å². The lowest BCUT2D eigenvalue weighted by atomic mass is 9.96. The van der Waals surface area contributed by atoms with Crippen molar-refractivity contribution in [1.29, 1.82) is 0 Å². The number of aromatic hydroxyl groups is 2. The fraction of sp³-hybridized carbons (Fsp3) is 0.292. The largest absolute Gasteiger partial charge is 0.508 e. The Kier molecular flexibility index (Phi) is 13.4. The quantitative estimate of drug-likeness (QED) is 0.184. The summed E-state index contributed by atoms with van der Waals surface area (Å²) in [6.07, 6.45) is 6.60. The van der Waals surface area contributed by atoms with Crippen LogP contribution in [-0.2, 0) is 17.6 Å². The molecule has 1 atom stereocenters. The summed E-state index contributed by atoms with van der Waals surface area (Å²) in [5, 5.41) is 23.7. The first-order valence-corrected chi connectivity index (χ1v) is 10.1. The molecule has 0 aliphatic rings. The molecule has 32 heavy (non-hydrogen) atoms. The SMILES string of the molecule is C=CCc1cc(NC(=O)C(N)CCCCN)c(O)c(-c2ccc(O)c(CC=C)c2)c1.Cl.Cl. The van der Waals surface area contributed by atoms with Crippen molar-refractivity contribution in [3.8, 4) is 22.6 Å². The molecule has 0 aromatic heterocycles. The van der Waals surface area contributed by atoms with Gasteiger partial charge in [0.1, 0.15) is 11.5 Å². The molecule has 2 rings (SSSR count). The molecule has 0 heterocycles. The van der Waals surface area contributed by atoms with Gasteiger partial charge in [-0.1, -0.05) is 24.6 Å². The summed E-state index contributed by atoms with van der Waals surface area (Å²) in [6, 6.07) is 7.98. The lowest BCUT2D eigenvalue weighted by molar-refractivity contribution is -0.117. The van der Waals surface area contributed by atoms with Gasteiger partial charge in [-0.2, -0.15) is 0 Å². The number of nitrogens with one attached hydrogen (secondary N) is 1. The molecule has 1 amide bonds. The third-order valence-corrected chi connectivity index (χ3v) is 4.87. The van der Waals surface area contributed by atoms with Crippen molar-refractivity contribution in [2.24, 2.45) is 11.5 Å². The van der Waals surface area contributed by atoms with Crippen molar-refractivity contribution in [3.05, 3.63) is 66.8 Å². The first-order chi connectivity index (χ1) is 14.4. The number of phenols is 2. The number of allylic oxidation sites excluding steroid dienone is 2. The maximum absolute atomic E-state index is 12.5. The van der Waals surface area contributed by atoms with Crippen LogP contribution in [0.3, 0.4) is 0 Å². The molecule has 0 saturated heterocycles. The summed E-state index contributed by atoms with van der Waals surface area (Å²) >= 11 is 0. The topological polar surface area (TPSA) is 122 Å². The predicted octanol–water partition coefficient (Wildman–Crippen LogP) is 4.46. The lowest BCUT2D eigenvalue weighted by Gasteiger charge is -2.17. The number of amides is 1. The summed E-state index contributed by atoms with van der Waals surface area (Å²) in [5.74, 6) is -0.250. The summed E-state index contributed by atoms with van der Waals surface area (Å²) < 4.78 is 0. The van der Waals surface area contributed by atoms with E-state index in [9.17, 15) is 15.0 Å². The first kappa shape index (κ1) is 29.5. The van der Waals surface area contributed by atoms with Crippen LogP contribution in [0.25, 0.3) is 11.1 Å². The zero-order chi connectivity index (χ0) is 22.1. The molecule has 0 saturated carbocycles. The number of hydrogen-bond acceptors (Lipinski definition) is 5. The standard InChI is InChI=1S/C24H31N3O3.2ClH/c1-3-7-16-13-19(17-10-11-22(28)18(15-17)8-4-2)23(29)21(14-16)27-24(30)20(26)9-5-6-12-25;;/h3-4,10-11,13-15,20,28-29H,1-2,5-9,12,25-26H2,(H,27,30);2*1H. The number of halogens is 2. The fourth-order valence-corrected chi connectivity index (χ4v) is 3.23. The molecular formula is C24H33Cl2N3O3. The zero-order valence-electron chi connectivity index (χ0n) is 18.0. The molecule has 8 heteroatoms. The summed E-state index contributed by atoms with van der Waals surface area (Å²) in [6.45, 7) is 8.03. The van der Waals surface area contributed by atoms with E-state index in [-0.39, 0.29) is 42.2 Å². The fourth-order valence-electron chi connectivity index (χ4n) is 3.23. The predicted molar refractivity (Wildman–Crippen MR) is 137 cm³/mol. The van der Waals surface area contributed by atoms with Crippen molar-refractivity contribution < 1.29 is 15.0 Å². The van der Waals surface area contributed by atoms with Crippen LogP contribution in [0.4, 0.5) is 5.69 Å². The molecule has 2 aromatic rings. The molecule has 176 valence electrons. The highest BCUT2D eigenvalue weighted by molar-refractivity contribution is 5.97. The van der Waals surface area contributed by atoms with Gasteiger partial charge in [0, 0.05) is 5.56 Å². The minimum absolute atomic E-state index is 0. The van der Waals surface area contributed by atoms with Crippen LogP contribution in [-0.4, -0.2) is 28.7 Å². The molecule has 0 spiro atoms. The van der Waals surface area contributed by atoms with Crippen molar-refractivity contribution in [1.82, 2.24) is 0 Å². The van der Waals surface area contributed by atoms with Gasteiger partial charge in [-0.15, -0.1) is 38.0 Å². The van der Waals surface area contributed by atoms with Crippen molar-refractivity contribution >= 4 is 36.4 Å². The number of carbonyl (C=O) groups excluding carboxylic acids is 1. The van der Waals surface area contributed by atoms with Crippen LogP contribution < -0.4 is 16.8 Å². The Hall–Kier alpha value is -2.51. The van der Waals surface area contributed by atoms with Crippen LogP contribution in [0.2, 0.25) is 0 Å². The molecule has 0 aliphatic heterocycles. The van der Waals surface area contributed by atoms with Crippen LogP contribution in [0, 0.1) is 0 Å². The van der Waals surface area contributed by atoms with Crippen molar-refractivity contribution in [3.63, 3.8) is 0 Å². The number of hydrogen-bond donors (Lipinski definition) is 5. The highest BCUT2D eigenvalue weighted by Crippen LogP contribution is 2.38. The third kappa shape index (κ3) is 7.88. The Morgan fingerprint density at radius 3 is 2.38 bits per heavy atom. The van der Waals surface area contributed by atoms with Crippen LogP contribution in [0.1, 0.15) is 30.4 Å². The van der Waals surface area contributed by atoms with Crippen LogP contribution >= 0.6 is 24.8 Å². The molecular weight excluding hydrogens is 449 g/mol. The van der Waals surface area contributed by atoms with Crippen molar-refractivity contribution in [2.75, 3.05) is 11.9 Å². The molecule has 0 bridgehead atoms. The number of benzene rings is 2. The van der Waals surface area contributed by atoms with Crippen LogP contribution in [0.5, 0.6) is 11.5 Å². The van der Waals surface area contributed by atoms with Crippen molar-refractivity contribution in [2.45, 2.75) is 38.1 Å². The van der Waals surface area contributed by atoms with Gasteiger partial charge in [-0.3, -0.25) is 4.79 Å². The summed E-state index contributed by atoms with van der Waals surface area (Å²) in [4.78, 5) is 12.5. The minimum Gasteiger partial charge on any atom is -0.508 e. The Labute approximate surface area is 202 Å². The molecule has 2 aromatic carbocycles. The van der Waals surface area contributed by atoms with E-state index >= 15 is 0 Å². The number of nitrogens with two attached hydrogens (primary N) is 2. The number of anilines is 1. The Bertz CT molecular complexity index is 920. The molecule has 0 fully saturated rings. The smallest absolute Gasteiger partial charge is 0.241 e. The van der Waals surface area contributed by atoms with E-state index in [1.807, 2.05) is 6.07 Å². The highest BCUT2D eigenvalue weighted by Gasteiger charge is 2.18. The lowest BCUT2D eigenvalue weighted by Crippen LogP contribution is -2.35. The molecule has 0 radical (unpaired) electrons. The number of unbranched alkanes of at least 4 members (excludes halogenated alkanes) is 1. The summed E-state index contributed by atoms with van der Waals surface area (Å²) in [7, 11) is 0. The van der Waals surface area contributed by atoms with Gasteiger partial charge in [-0.25, -0.2) is 0 Å². The zero-order valence-corrected chi connectivity index (χ0v) is 19.7. The monoisotopic (exact) mass is 481 g/mol. The summed E-state index contributed by atoms with van der Waals surface area (Å²) in [5.41, 5.74) is 14.6. The number of rotatable bonds is 11. The van der Waals surface area contributed by atoms with E-state index in [1.165, 1.54) is 0 Å². The maximum atomic E-state index is 12.5.